The number of hydrogen-bond donors (Lipinski definition) is 1. The summed E-state index contributed by atoms with van der Waals surface area (Å²) >= 11 is 1.92. The largest absolute Gasteiger partial charge is 0.262 e. The van der Waals surface area contributed by atoms with E-state index in [0.717, 1.165) is 11.6 Å². The number of H-pyrrole nitrogens is 1. The van der Waals surface area contributed by atoms with Crippen LogP contribution in [0.2, 0.25) is 0 Å². The number of thiophene rings is 1. The maximum atomic E-state index is 4.81. The van der Waals surface area contributed by atoms with Crippen LogP contribution in [-0.4, -0.2) is 15.2 Å². The van der Waals surface area contributed by atoms with Gasteiger partial charge in [-0.3, -0.25) is 5.10 Å². The standard InChI is InChI=1S/C17H23N3S/c1-3-7-12(8-4-1)16-18-17(20-19-16)15-11-13-9-5-2-6-10-14(13)21-15/h11-12H,1-10H2,(H,18,19,20). The van der Waals surface area contributed by atoms with Crippen molar-refractivity contribution in [2.24, 2.45) is 0 Å². The number of hydrogen-bond acceptors (Lipinski definition) is 3. The lowest BCUT2D eigenvalue weighted by atomic mass is 9.89. The van der Waals surface area contributed by atoms with Gasteiger partial charge in [0.15, 0.2) is 5.82 Å². The van der Waals surface area contributed by atoms with Gasteiger partial charge in [0, 0.05) is 10.8 Å². The van der Waals surface area contributed by atoms with Crippen molar-refractivity contribution < 1.29 is 0 Å². The molecule has 2 aliphatic carbocycles. The summed E-state index contributed by atoms with van der Waals surface area (Å²) in [6.07, 6.45) is 13.2. The van der Waals surface area contributed by atoms with Gasteiger partial charge in [-0.05, 0) is 50.2 Å². The summed E-state index contributed by atoms with van der Waals surface area (Å²) < 4.78 is 0. The van der Waals surface area contributed by atoms with Crippen LogP contribution in [0.5, 0.6) is 0 Å². The van der Waals surface area contributed by atoms with Crippen molar-refractivity contribution >= 4 is 11.3 Å². The summed E-state index contributed by atoms with van der Waals surface area (Å²) in [4.78, 5) is 7.65. The molecule has 2 aromatic rings. The second kappa shape index (κ2) is 5.91. The fraction of sp³-hybridized carbons (Fsp3) is 0.647. The van der Waals surface area contributed by atoms with Crippen LogP contribution in [0.15, 0.2) is 6.07 Å². The third-order valence-corrected chi connectivity index (χ3v) is 6.19. The van der Waals surface area contributed by atoms with E-state index < -0.39 is 0 Å². The van der Waals surface area contributed by atoms with E-state index in [4.69, 9.17) is 4.98 Å². The predicted molar refractivity (Wildman–Crippen MR) is 86.8 cm³/mol. The summed E-state index contributed by atoms with van der Waals surface area (Å²) in [5.74, 6) is 2.65. The van der Waals surface area contributed by atoms with E-state index in [1.165, 1.54) is 69.1 Å². The van der Waals surface area contributed by atoms with Crippen LogP contribution in [0.1, 0.15) is 73.5 Å². The Morgan fingerprint density at radius 2 is 1.81 bits per heavy atom. The fourth-order valence-electron chi connectivity index (χ4n) is 3.72. The molecule has 3 nitrogen and oxygen atoms in total. The SMILES string of the molecule is c1c(-c2n[nH]c(C3CCCCC3)n2)sc2c1CCCCC2. The highest BCUT2D eigenvalue weighted by Crippen LogP contribution is 2.35. The van der Waals surface area contributed by atoms with Gasteiger partial charge in [0.1, 0.15) is 5.82 Å². The Balaban J connectivity index is 1.57. The molecule has 112 valence electrons. The monoisotopic (exact) mass is 301 g/mol. The Kier molecular flexibility index (Phi) is 3.80. The fourth-order valence-corrected chi connectivity index (χ4v) is 4.91. The molecule has 0 saturated heterocycles. The van der Waals surface area contributed by atoms with Crippen molar-refractivity contribution in [3.05, 3.63) is 22.3 Å². The molecule has 0 atom stereocenters. The van der Waals surface area contributed by atoms with Crippen molar-refractivity contribution in [2.75, 3.05) is 0 Å². The molecule has 0 aliphatic heterocycles. The number of nitrogens with one attached hydrogen (secondary N) is 1. The van der Waals surface area contributed by atoms with Crippen molar-refractivity contribution in [1.29, 1.82) is 0 Å². The first kappa shape index (κ1) is 13.5. The van der Waals surface area contributed by atoms with E-state index in [1.807, 2.05) is 11.3 Å². The third kappa shape index (κ3) is 2.78. The first-order chi connectivity index (χ1) is 10.4. The van der Waals surface area contributed by atoms with Crippen molar-refractivity contribution in [1.82, 2.24) is 15.2 Å². The average molecular weight is 301 g/mol. The Morgan fingerprint density at radius 3 is 2.71 bits per heavy atom. The van der Waals surface area contributed by atoms with Gasteiger partial charge in [-0.1, -0.05) is 25.7 Å². The van der Waals surface area contributed by atoms with Gasteiger partial charge in [0.2, 0.25) is 0 Å². The molecule has 4 heteroatoms. The van der Waals surface area contributed by atoms with Crippen LogP contribution >= 0.6 is 11.3 Å². The first-order valence-corrected chi connectivity index (χ1v) is 9.26. The van der Waals surface area contributed by atoms with Gasteiger partial charge in [0.05, 0.1) is 4.88 Å². The minimum absolute atomic E-state index is 0.609. The van der Waals surface area contributed by atoms with Gasteiger partial charge >= 0.3 is 0 Å². The van der Waals surface area contributed by atoms with E-state index in [1.54, 1.807) is 10.4 Å². The lowest BCUT2D eigenvalue weighted by molar-refractivity contribution is 0.429. The van der Waals surface area contributed by atoms with Crippen LogP contribution in [0.4, 0.5) is 0 Å². The van der Waals surface area contributed by atoms with Gasteiger partial charge in [-0.25, -0.2) is 4.98 Å². The van der Waals surface area contributed by atoms with Gasteiger partial charge < -0.3 is 0 Å². The molecule has 1 N–H and O–H groups in total. The van der Waals surface area contributed by atoms with E-state index in [-0.39, 0.29) is 0 Å². The highest BCUT2D eigenvalue weighted by atomic mass is 32.1. The predicted octanol–water partition coefficient (Wildman–Crippen LogP) is 4.85. The normalized spacial score (nSPS) is 20.2. The Hall–Kier alpha value is -1.16. The zero-order chi connectivity index (χ0) is 14.1. The molecule has 2 aliphatic rings. The molecule has 1 fully saturated rings. The smallest absolute Gasteiger partial charge is 0.191 e. The maximum Gasteiger partial charge on any atom is 0.191 e. The van der Waals surface area contributed by atoms with Crippen LogP contribution in [0.25, 0.3) is 10.7 Å². The van der Waals surface area contributed by atoms with Crippen LogP contribution in [0.3, 0.4) is 0 Å². The maximum absolute atomic E-state index is 4.81. The molecular formula is C17H23N3S. The number of rotatable bonds is 2. The Labute approximate surface area is 130 Å². The quantitative estimate of drug-likeness (QED) is 0.806. The van der Waals surface area contributed by atoms with Crippen molar-refractivity contribution in [3.63, 3.8) is 0 Å². The second-order valence-electron chi connectivity index (χ2n) is 6.50. The van der Waals surface area contributed by atoms with Crippen LogP contribution in [-0.2, 0) is 12.8 Å². The molecule has 1 saturated carbocycles. The summed E-state index contributed by atoms with van der Waals surface area (Å²) in [7, 11) is 0. The zero-order valence-electron chi connectivity index (χ0n) is 12.5. The Morgan fingerprint density at radius 1 is 1.00 bits per heavy atom. The number of fused-ring (bicyclic) bond motifs is 1. The molecule has 0 amide bonds. The summed E-state index contributed by atoms with van der Waals surface area (Å²) in [5, 5.41) is 7.72. The van der Waals surface area contributed by atoms with Gasteiger partial charge in [-0.2, -0.15) is 5.10 Å². The molecule has 2 heterocycles. The van der Waals surface area contributed by atoms with E-state index in [0.29, 0.717) is 5.92 Å². The lowest BCUT2D eigenvalue weighted by Gasteiger charge is -2.18. The highest BCUT2D eigenvalue weighted by Gasteiger charge is 2.21. The zero-order valence-corrected chi connectivity index (χ0v) is 13.3. The Bertz CT molecular complexity index is 584. The molecule has 21 heavy (non-hydrogen) atoms. The van der Waals surface area contributed by atoms with Crippen molar-refractivity contribution in [3.8, 4) is 10.7 Å². The second-order valence-corrected chi connectivity index (χ2v) is 7.64. The minimum Gasteiger partial charge on any atom is -0.262 e. The van der Waals surface area contributed by atoms with E-state index in [2.05, 4.69) is 16.3 Å². The van der Waals surface area contributed by atoms with Crippen molar-refractivity contribution in [2.45, 2.75) is 70.1 Å². The summed E-state index contributed by atoms with van der Waals surface area (Å²) in [5.41, 5.74) is 1.55. The highest BCUT2D eigenvalue weighted by molar-refractivity contribution is 7.15. The molecule has 0 radical (unpaired) electrons. The number of aryl methyl sites for hydroxylation is 2. The minimum atomic E-state index is 0.609. The molecule has 4 rings (SSSR count). The topological polar surface area (TPSA) is 41.6 Å². The van der Waals surface area contributed by atoms with Crippen LogP contribution < -0.4 is 0 Å². The van der Waals surface area contributed by atoms with Crippen LogP contribution in [0, 0.1) is 0 Å². The summed E-state index contributed by atoms with van der Waals surface area (Å²) in [6, 6.07) is 2.35. The molecule has 2 aromatic heterocycles. The molecule has 0 bridgehead atoms. The molecule has 0 unspecified atom stereocenters. The van der Waals surface area contributed by atoms with E-state index in [9.17, 15) is 0 Å². The lowest BCUT2D eigenvalue weighted by Crippen LogP contribution is -2.06. The first-order valence-electron chi connectivity index (χ1n) is 8.44. The molecular weight excluding hydrogens is 278 g/mol. The van der Waals surface area contributed by atoms with Gasteiger partial charge in [0.25, 0.3) is 0 Å². The van der Waals surface area contributed by atoms with E-state index >= 15 is 0 Å². The number of aromatic nitrogens is 3. The summed E-state index contributed by atoms with van der Waals surface area (Å²) in [6.45, 7) is 0. The van der Waals surface area contributed by atoms with Gasteiger partial charge in [-0.15, -0.1) is 11.3 Å². The third-order valence-electron chi connectivity index (χ3n) is 4.96. The molecule has 0 aromatic carbocycles. The number of aromatic amines is 1. The molecule has 0 spiro atoms. The average Bonchev–Trinajstić information content (AvgIpc) is 3.11. The number of nitrogens with zero attached hydrogens (tertiary/aromatic N) is 2.